The van der Waals surface area contributed by atoms with Gasteiger partial charge in [0, 0.05) is 11.6 Å². The molecule has 0 spiro atoms. The van der Waals surface area contributed by atoms with E-state index in [9.17, 15) is 4.79 Å². The molecule has 0 amide bonds. The summed E-state index contributed by atoms with van der Waals surface area (Å²) in [5.41, 5.74) is 0. The van der Waals surface area contributed by atoms with Gasteiger partial charge in [-0.1, -0.05) is 11.3 Å². The van der Waals surface area contributed by atoms with E-state index in [0.717, 1.165) is 18.7 Å². The number of nitrogens with zero attached hydrogens (tertiary/aromatic N) is 5. The molecular weight excluding hydrogens is 214 g/mol. The van der Waals surface area contributed by atoms with Gasteiger partial charge in [0.15, 0.2) is 5.82 Å². The largest absolute Gasteiger partial charge is 0.307 e. The second kappa shape index (κ2) is 3.27. The van der Waals surface area contributed by atoms with Crippen LogP contribution in [0, 0.1) is 0 Å². The Kier molecular flexibility index (Phi) is 1.91. The lowest BCUT2D eigenvalue weighted by Crippen LogP contribution is -2.16. The third-order valence-corrected chi connectivity index (χ3v) is 3.10. The molecule has 1 saturated carbocycles. The van der Waals surface area contributed by atoms with Gasteiger partial charge in [-0.2, -0.15) is 0 Å². The van der Waals surface area contributed by atoms with Crippen LogP contribution in [0.3, 0.4) is 0 Å². The van der Waals surface area contributed by atoms with Crippen molar-refractivity contribution < 1.29 is 0 Å². The summed E-state index contributed by atoms with van der Waals surface area (Å²) in [6.45, 7) is 0.464. The van der Waals surface area contributed by atoms with E-state index < -0.39 is 0 Å². The second-order valence-corrected chi connectivity index (χ2v) is 4.42. The molecule has 7 heteroatoms. The van der Waals surface area contributed by atoms with Crippen molar-refractivity contribution in [3.05, 3.63) is 27.1 Å². The number of aromatic nitrogens is 5. The van der Waals surface area contributed by atoms with Crippen molar-refractivity contribution in [3.8, 4) is 0 Å². The van der Waals surface area contributed by atoms with Crippen molar-refractivity contribution in [2.45, 2.75) is 25.4 Å². The molecule has 1 fully saturated rings. The van der Waals surface area contributed by atoms with Crippen LogP contribution in [0.1, 0.15) is 24.7 Å². The minimum absolute atomic E-state index is 0.0281. The Hall–Kier alpha value is -1.50. The van der Waals surface area contributed by atoms with Gasteiger partial charge in [-0.15, -0.1) is 5.10 Å². The number of thiazole rings is 1. The molecule has 0 N–H and O–H groups in total. The Morgan fingerprint density at radius 3 is 3.07 bits per heavy atom. The van der Waals surface area contributed by atoms with Crippen LogP contribution in [0.5, 0.6) is 0 Å². The SMILES string of the molecule is O=c1sccn1Cc1nnnn1C1CC1. The van der Waals surface area contributed by atoms with Gasteiger partial charge in [0.25, 0.3) is 0 Å². The first-order valence-corrected chi connectivity index (χ1v) is 5.63. The highest BCUT2D eigenvalue weighted by molar-refractivity contribution is 7.07. The van der Waals surface area contributed by atoms with Gasteiger partial charge in [0.05, 0.1) is 12.6 Å². The zero-order valence-electron chi connectivity index (χ0n) is 7.91. The fraction of sp³-hybridized carbons (Fsp3) is 0.500. The maximum absolute atomic E-state index is 11.3. The van der Waals surface area contributed by atoms with E-state index in [-0.39, 0.29) is 4.87 Å². The zero-order valence-corrected chi connectivity index (χ0v) is 8.72. The van der Waals surface area contributed by atoms with E-state index in [1.165, 1.54) is 11.3 Å². The molecule has 2 aromatic heterocycles. The van der Waals surface area contributed by atoms with Crippen LogP contribution in [0.2, 0.25) is 0 Å². The van der Waals surface area contributed by atoms with Gasteiger partial charge in [-0.25, -0.2) is 4.68 Å². The fourth-order valence-corrected chi connectivity index (χ4v) is 2.06. The summed E-state index contributed by atoms with van der Waals surface area (Å²) in [5, 5.41) is 13.3. The van der Waals surface area contributed by atoms with E-state index in [2.05, 4.69) is 15.5 Å². The van der Waals surface area contributed by atoms with Gasteiger partial charge in [0.2, 0.25) is 0 Å². The summed E-state index contributed by atoms with van der Waals surface area (Å²) in [5.74, 6) is 0.762. The highest BCUT2D eigenvalue weighted by Gasteiger charge is 2.27. The van der Waals surface area contributed by atoms with Gasteiger partial charge < -0.3 is 0 Å². The number of rotatable bonds is 3. The van der Waals surface area contributed by atoms with Gasteiger partial charge >= 0.3 is 4.87 Å². The summed E-state index contributed by atoms with van der Waals surface area (Å²) in [6, 6.07) is 0.448. The Morgan fingerprint density at radius 2 is 2.40 bits per heavy atom. The summed E-state index contributed by atoms with van der Waals surface area (Å²) in [6.07, 6.45) is 4.03. The molecule has 0 atom stereocenters. The summed E-state index contributed by atoms with van der Waals surface area (Å²) in [7, 11) is 0. The fourth-order valence-electron chi connectivity index (χ4n) is 1.48. The third kappa shape index (κ3) is 1.58. The molecule has 1 aliphatic carbocycles. The highest BCUT2D eigenvalue weighted by Crippen LogP contribution is 2.34. The Balaban J connectivity index is 1.90. The first kappa shape index (κ1) is 8.78. The maximum atomic E-state index is 11.3. The molecule has 0 unspecified atom stereocenters. The molecule has 0 aliphatic heterocycles. The topological polar surface area (TPSA) is 65.6 Å². The number of tetrazole rings is 1. The van der Waals surface area contributed by atoms with Crippen LogP contribution in [-0.2, 0) is 6.54 Å². The lowest BCUT2D eigenvalue weighted by Gasteiger charge is -2.01. The summed E-state index contributed by atoms with van der Waals surface area (Å²) >= 11 is 1.19. The van der Waals surface area contributed by atoms with E-state index in [1.54, 1.807) is 16.1 Å². The Labute approximate surface area is 89.2 Å². The minimum atomic E-state index is 0.0281. The number of hydrogen-bond acceptors (Lipinski definition) is 5. The first-order chi connectivity index (χ1) is 7.34. The van der Waals surface area contributed by atoms with Gasteiger partial charge in [0.1, 0.15) is 0 Å². The summed E-state index contributed by atoms with van der Waals surface area (Å²) < 4.78 is 3.44. The quantitative estimate of drug-likeness (QED) is 0.749. The second-order valence-electron chi connectivity index (χ2n) is 3.57. The van der Waals surface area contributed by atoms with Gasteiger partial charge in [-0.3, -0.25) is 9.36 Å². The summed E-state index contributed by atoms with van der Waals surface area (Å²) in [4.78, 5) is 11.4. The predicted octanol–water partition coefficient (Wildman–Crippen LogP) is 0.279. The molecule has 78 valence electrons. The van der Waals surface area contributed by atoms with E-state index in [1.807, 2.05) is 4.68 Å². The van der Waals surface area contributed by atoms with E-state index >= 15 is 0 Å². The predicted molar refractivity (Wildman–Crippen MR) is 53.8 cm³/mol. The van der Waals surface area contributed by atoms with Crippen molar-refractivity contribution in [1.29, 1.82) is 0 Å². The van der Waals surface area contributed by atoms with Crippen LogP contribution in [-0.4, -0.2) is 24.8 Å². The van der Waals surface area contributed by atoms with Crippen molar-refractivity contribution in [2.24, 2.45) is 0 Å². The van der Waals surface area contributed by atoms with Crippen molar-refractivity contribution in [3.63, 3.8) is 0 Å². The van der Waals surface area contributed by atoms with Crippen LogP contribution in [0.25, 0.3) is 0 Å². The van der Waals surface area contributed by atoms with Crippen molar-refractivity contribution in [2.75, 3.05) is 0 Å². The lowest BCUT2D eigenvalue weighted by molar-refractivity contribution is 0.565. The minimum Gasteiger partial charge on any atom is -0.298 e. The molecule has 3 rings (SSSR count). The van der Waals surface area contributed by atoms with Crippen LogP contribution < -0.4 is 4.87 Å². The molecule has 0 bridgehead atoms. The number of hydrogen-bond donors (Lipinski definition) is 0. The average Bonchev–Trinajstić information content (AvgIpc) is 2.85. The third-order valence-electron chi connectivity index (χ3n) is 2.41. The van der Waals surface area contributed by atoms with Crippen molar-refractivity contribution >= 4 is 11.3 Å². The normalized spacial score (nSPS) is 15.7. The lowest BCUT2D eigenvalue weighted by atomic mass is 10.5. The molecule has 0 aromatic carbocycles. The van der Waals surface area contributed by atoms with Crippen molar-refractivity contribution in [1.82, 2.24) is 24.8 Å². The monoisotopic (exact) mass is 223 g/mol. The van der Waals surface area contributed by atoms with E-state index in [0.29, 0.717) is 12.6 Å². The Bertz CT molecular complexity index is 523. The molecule has 0 saturated heterocycles. The molecule has 1 aliphatic rings. The first-order valence-electron chi connectivity index (χ1n) is 4.75. The van der Waals surface area contributed by atoms with Gasteiger partial charge in [-0.05, 0) is 23.3 Å². The Morgan fingerprint density at radius 1 is 1.53 bits per heavy atom. The smallest absolute Gasteiger partial charge is 0.298 e. The zero-order chi connectivity index (χ0) is 10.3. The molecule has 0 radical (unpaired) electrons. The molecule has 15 heavy (non-hydrogen) atoms. The molecule has 6 nitrogen and oxygen atoms in total. The van der Waals surface area contributed by atoms with Crippen LogP contribution in [0.15, 0.2) is 16.4 Å². The highest BCUT2D eigenvalue weighted by atomic mass is 32.1. The molecule has 2 heterocycles. The average molecular weight is 223 g/mol. The van der Waals surface area contributed by atoms with Crippen LogP contribution in [0.4, 0.5) is 0 Å². The maximum Gasteiger partial charge on any atom is 0.307 e. The standard InChI is InChI=1S/C8H9N5OS/c14-8-12(3-4-15-8)5-7-9-10-11-13(7)6-1-2-6/h3-4,6H,1-2,5H2. The van der Waals surface area contributed by atoms with Crippen LogP contribution >= 0.6 is 11.3 Å². The molecule has 2 aromatic rings. The van der Waals surface area contributed by atoms with E-state index in [4.69, 9.17) is 0 Å². The molecular formula is C8H9N5OS.